The summed E-state index contributed by atoms with van der Waals surface area (Å²) in [6.45, 7) is 1.99. The van der Waals surface area contributed by atoms with Crippen molar-refractivity contribution in [2.75, 3.05) is 0 Å². The van der Waals surface area contributed by atoms with Gasteiger partial charge in [0.05, 0.1) is 6.07 Å². The Morgan fingerprint density at radius 2 is 2.17 bits per heavy atom. The van der Waals surface area contributed by atoms with E-state index in [9.17, 15) is 0 Å². The third-order valence-corrected chi connectivity index (χ3v) is 0.362. The van der Waals surface area contributed by atoms with Gasteiger partial charge in [-0.3, -0.25) is 0 Å². The Bertz CT molecular complexity index is 46.0. The minimum absolute atomic E-state index is 0. The fourth-order valence-corrected chi connectivity index (χ4v) is 0.112. The molecule has 2 heteroatoms. The molecule has 0 aromatic rings. The quantitative estimate of drug-likeness (QED) is 0.544. The Labute approximate surface area is 51.1 Å². The van der Waals surface area contributed by atoms with Gasteiger partial charge in [0.25, 0.3) is 0 Å². The monoisotopic (exact) mass is 171 g/mol. The fourth-order valence-electron chi connectivity index (χ4n) is 0.112. The van der Waals surface area contributed by atoms with Crippen LogP contribution in [-0.2, 0) is 19.5 Å². The van der Waals surface area contributed by atoms with Gasteiger partial charge in [0.1, 0.15) is 0 Å². The average Bonchev–Trinajstić information content (AvgIpc) is 1.41. The van der Waals surface area contributed by atoms with E-state index in [2.05, 4.69) is 0 Å². The summed E-state index contributed by atoms with van der Waals surface area (Å²) in [5.74, 6) is 0. The van der Waals surface area contributed by atoms with E-state index in [4.69, 9.17) is 5.26 Å². The van der Waals surface area contributed by atoms with E-state index in [1.807, 2.05) is 13.0 Å². The number of hydrogen-bond donors (Lipinski definition) is 0. The van der Waals surface area contributed by atoms with Crippen LogP contribution < -0.4 is 0 Å². The third-order valence-electron chi connectivity index (χ3n) is 0.362. The molecule has 0 aromatic carbocycles. The Morgan fingerprint density at radius 1 is 1.67 bits per heavy atom. The fraction of sp³-hybridized carbons (Fsp3) is 0.750. The summed E-state index contributed by atoms with van der Waals surface area (Å²) in [6, 6.07) is 2.02. The molecule has 0 saturated carbocycles. The van der Waals surface area contributed by atoms with Crippen molar-refractivity contribution in [2.45, 2.75) is 19.8 Å². The number of unbranched alkanes of at least 4 members (excludes halogenated alkanes) is 1. The van der Waals surface area contributed by atoms with Crippen LogP contribution in [0.1, 0.15) is 19.8 Å². The van der Waals surface area contributed by atoms with Crippen molar-refractivity contribution >= 4 is 0 Å². The summed E-state index contributed by atoms with van der Waals surface area (Å²) in [5.41, 5.74) is 0. The van der Waals surface area contributed by atoms with Crippen LogP contribution in [-0.4, -0.2) is 0 Å². The Morgan fingerprint density at radius 3 is 2.17 bits per heavy atom. The average molecular weight is 170 g/mol. The van der Waals surface area contributed by atoms with Crippen LogP contribution in [0.15, 0.2) is 0 Å². The van der Waals surface area contributed by atoms with Gasteiger partial charge in [-0.15, -0.1) is 0 Å². The molecule has 0 radical (unpaired) electrons. The van der Waals surface area contributed by atoms with Crippen LogP contribution in [0, 0.1) is 11.3 Å². The van der Waals surface area contributed by atoms with Crippen LogP contribution in [0.5, 0.6) is 0 Å². The van der Waals surface area contributed by atoms with Gasteiger partial charge >= 0.3 is 0 Å². The molecule has 0 aromatic heterocycles. The number of rotatable bonds is 1. The van der Waals surface area contributed by atoms with Crippen LogP contribution >= 0.6 is 0 Å². The molecule has 0 fully saturated rings. The van der Waals surface area contributed by atoms with E-state index < -0.39 is 0 Å². The molecule has 0 rings (SSSR count). The van der Waals surface area contributed by atoms with Crippen LogP contribution in [0.2, 0.25) is 0 Å². The van der Waals surface area contributed by atoms with Gasteiger partial charge in [0.2, 0.25) is 0 Å². The summed E-state index contributed by atoms with van der Waals surface area (Å²) in [5, 5.41) is 7.82. The van der Waals surface area contributed by atoms with Gasteiger partial charge in [-0.25, -0.2) is 0 Å². The van der Waals surface area contributed by atoms with Crippen molar-refractivity contribution < 1.29 is 19.5 Å². The molecule has 0 heterocycles. The Hall–Kier alpha value is 0.113. The van der Waals surface area contributed by atoms with Crippen LogP contribution in [0.3, 0.4) is 0 Å². The van der Waals surface area contributed by atoms with Gasteiger partial charge < -0.3 is 0 Å². The molecule has 0 amide bonds. The molecule has 0 unspecified atom stereocenters. The molecule has 0 aliphatic rings. The zero-order valence-electron chi connectivity index (χ0n) is 3.71. The molecule has 1 nitrogen and oxygen atoms in total. The van der Waals surface area contributed by atoms with E-state index in [0.717, 1.165) is 6.42 Å². The van der Waals surface area contributed by atoms with Crippen LogP contribution in [0.4, 0.5) is 0 Å². The number of nitriles is 1. The second kappa shape index (κ2) is 8.93. The maximum atomic E-state index is 7.82. The molecule has 0 spiro atoms. The van der Waals surface area contributed by atoms with Gasteiger partial charge in [0, 0.05) is 25.9 Å². The molecule has 0 saturated heterocycles. The molecule has 0 N–H and O–H groups in total. The van der Waals surface area contributed by atoms with Gasteiger partial charge in [-0.05, 0) is 6.42 Å². The molecule has 0 aliphatic heterocycles. The molecule has 36 valence electrons. The molecular weight excluding hydrogens is 163 g/mol. The van der Waals surface area contributed by atoms with Crippen molar-refractivity contribution in [1.82, 2.24) is 0 Å². The van der Waals surface area contributed by atoms with E-state index in [1.165, 1.54) is 0 Å². The minimum Gasteiger partial charge on any atom is -0.198 e. The molecule has 0 aliphatic carbocycles. The number of hydrogen-bond acceptors (Lipinski definition) is 1. The second-order valence-corrected chi connectivity index (χ2v) is 0.908. The summed E-state index contributed by atoms with van der Waals surface area (Å²) in [7, 11) is 0. The van der Waals surface area contributed by atoms with Crippen molar-refractivity contribution in [3.05, 3.63) is 0 Å². The smallest absolute Gasteiger partial charge is 0.0621 e. The zero-order chi connectivity index (χ0) is 4.12. The first-order valence-corrected chi connectivity index (χ1v) is 1.78. The topological polar surface area (TPSA) is 23.8 Å². The summed E-state index contributed by atoms with van der Waals surface area (Å²) < 4.78 is 0. The van der Waals surface area contributed by atoms with Crippen molar-refractivity contribution in [3.8, 4) is 6.07 Å². The van der Waals surface area contributed by atoms with E-state index in [0.29, 0.717) is 6.42 Å². The predicted molar refractivity (Wildman–Crippen MR) is 20.5 cm³/mol. The molecular formula is C4H7NRu. The van der Waals surface area contributed by atoms with Crippen molar-refractivity contribution in [3.63, 3.8) is 0 Å². The van der Waals surface area contributed by atoms with Crippen molar-refractivity contribution in [2.24, 2.45) is 0 Å². The van der Waals surface area contributed by atoms with E-state index in [1.54, 1.807) is 0 Å². The third kappa shape index (κ3) is 8.93. The molecule has 6 heavy (non-hydrogen) atoms. The minimum atomic E-state index is 0. The SMILES string of the molecule is CCCC#N.[Ru]. The van der Waals surface area contributed by atoms with Gasteiger partial charge in [-0.1, -0.05) is 6.92 Å². The zero-order valence-corrected chi connectivity index (χ0v) is 5.45. The van der Waals surface area contributed by atoms with Gasteiger partial charge in [-0.2, -0.15) is 5.26 Å². The summed E-state index contributed by atoms with van der Waals surface area (Å²) in [4.78, 5) is 0. The largest absolute Gasteiger partial charge is 0.198 e. The second-order valence-electron chi connectivity index (χ2n) is 0.908. The maximum Gasteiger partial charge on any atom is 0.0621 e. The van der Waals surface area contributed by atoms with Crippen molar-refractivity contribution in [1.29, 1.82) is 5.26 Å². The van der Waals surface area contributed by atoms with E-state index in [-0.39, 0.29) is 19.5 Å². The first kappa shape index (κ1) is 9.45. The number of nitrogens with zero attached hydrogens (tertiary/aromatic N) is 1. The molecule has 0 bridgehead atoms. The predicted octanol–water partition coefficient (Wildman–Crippen LogP) is 1.31. The summed E-state index contributed by atoms with van der Waals surface area (Å²) >= 11 is 0. The first-order valence-electron chi connectivity index (χ1n) is 1.78. The summed E-state index contributed by atoms with van der Waals surface area (Å²) in [6.07, 6.45) is 1.68. The Kier molecular flexibility index (Phi) is 14.1. The standard InChI is InChI=1S/C4H7N.Ru/c1-2-3-4-5;/h2-3H2,1H3;. The first-order chi connectivity index (χ1) is 2.41. The maximum absolute atomic E-state index is 7.82. The Balaban J connectivity index is 0. The normalized spacial score (nSPS) is 5.33. The molecule has 0 atom stereocenters. The van der Waals surface area contributed by atoms with Gasteiger partial charge in [0.15, 0.2) is 0 Å². The van der Waals surface area contributed by atoms with E-state index >= 15 is 0 Å². The van der Waals surface area contributed by atoms with Crippen LogP contribution in [0.25, 0.3) is 0 Å².